The molecule has 1 aliphatic rings. The fraction of sp³-hybridized carbons (Fsp3) is 0.318. The van der Waals surface area contributed by atoms with Gasteiger partial charge in [0.2, 0.25) is 0 Å². The molecule has 0 saturated heterocycles. The number of anilines is 1. The molecule has 5 nitrogen and oxygen atoms in total. The van der Waals surface area contributed by atoms with Gasteiger partial charge in [0.15, 0.2) is 0 Å². The summed E-state index contributed by atoms with van der Waals surface area (Å²) < 4.78 is 41.3. The Balaban J connectivity index is 1.72. The van der Waals surface area contributed by atoms with Crippen LogP contribution in [0.5, 0.6) is 0 Å². The average Bonchev–Trinajstić information content (AvgIpc) is 2.70. The summed E-state index contributed by atoms with van der Waals surface area (Å²) in [7, 11) is -4.03. The summed E-state index contributed by atoms with van der Waals surface area (Å²) in [5.74, 6) is -0.986. The Bertz CT molecular complexity index is 1030. The second kappa shape index (κ2) is 9.22. The molecule has 7 heteroatoms. The Labute approximate surface area is 171 Å². The van der Waals surface area contributed by atoms with Gasteiger partial charge in [0.25, 0.3) is 15.9 Å². The van der Waals surface area contributed by atoms with E-state index in [0.29, 0.717) is 17.7 Å². The van der Waals surface area contributed by atoms with E-state index >= 15 is 0 Å². The minimum Gasteiger partial charge on any atom is -0.352 e. The molecule has 0 bridgehead atoms. The number of amides is 1. The standard InChI is InChI=1S/C22H25FN2O3S/c1-16-11-12-18(29(27,28)25-21-10-6-5-9-20(21)23)15-19(16)22(26)24-14-13-17-7-3-2-4-8-17/h5-7,9-12,15,25H,2-4,8,13-14H2,1H3,(H,24,26). The van der Waals surface area contributed by atoms with E-state index in [1.807, 2.05) is 0 Å². The maximum atomic E-state index is 13.8. The van der Waals surface area contributed by atoms with E-state index in [0.717, 1.165) is 19.3 Å². The van der Waals surface area contributed by atoms with Gasteiger partial charge in [0, 0.05) is 12.1 Å². The fourth-order valence-corrected chi connectivity index (χ4v) is 4.42. The van der Waals surface area contributed by atoms with Crippen molar-refractivity contribution in [3.05, 3.63) is 71.1 Å². The lowest BCUT2D eigenvalue weighted by Gasteiger charge is -2.14. The van der Waals surface area contributed by atoms with Crippen LogP contribution >= 0.6 is 0 Å². The molecule has 0 heterocycles. The minimum atomic E-state index is -4.03. The lowest BCUT2D eigenvalue weighted by molar-refractivity contribution is 0.0953. The molecule has 0 aromatic heterocycles. The number of halogens is 1. The van der Waals surface area contributed by atoms with Crippen LogP contribution in [0.1, 0.15) is 48.0 Å². The highest BCUT2D eigenvalue weighted by Gasteiger charge is 2.19. The summed E-state index contributed by atoms with van der Waals surface area (Å²) in [6.07, 6.45) is 7.62. The third-order valence-electron chi connectivity index (χ3n) is 5.00. The van der Waals surface area contributed by atoms with Crippen LogP contribution in [0.2, 0.25) is 0 Å². The summed E-state index contributed by atoms with van der Waals surface area (Å²) >= 11 is 0. The predicted octanol–water partition coefficient (Wildman–Crippen LogP) is 4.56. The molecule has 3 rings (SSSR count). The Kier molecular flexibility index (Phi) is 6.69. The lowest BCUT2D eigenvalue weighted by atomic mass is 9.97. The van der Waals surface area contributed by atoms with Crippen molar-refractivity contribution >= 4 is 21.6 Å². The van der Waals surface area contributed by atoms with Gasteiger partial charge in [-0.25, -0.2) is 12.8 Å². The molecule has 0 aliphatic heterocycles. The molecule has 2 N–H and O–H groups in total. The van der Waals surface area contributed by atoms with Crippen molar-refractivity contribution in [2.75, 3.05) is 11.3 Å². The topological polar surface area (TPSA) is 75.3 Å². The second-order valence-corrected chi connectivity index (χ2v) is 8.86. The van der Waals surface area contributed by atoms with E-state index in [2.05, 4.69) is 16.1 Å². The normalized spacial score (nSPS) is 14.2. The largest absolute Gasteiger partial charge is 0.352 e. The molecule has 0 fully saturated rings. The number of hydrogen-bond acceptors (Lipinski definition) is 3. The summed E-state index contributed by atoms with van der Waals surface area (Å²) in [5.41, 5.74) is 2.18. The van der Waals surface area contributed by atoms with Crippen LogP contribution in [-0.2, 0) is 10.0 Å². The molecule has 2 aromatic rings. The number of carbonyl (C=O) groups is 1. The van der Waals surface area contributed by atoms with Crippen molar-refractivity contribution in [2.24, 2.45) is 0 Å². The number of nitrogens with one attached hydrogen (secondary N) is 2. The Hall–Kier alpha value is -2.67. The fourth-order valence-electron chi connectivity index (χ4n) is 3.32. The number of carbonyl (C=O) groups excluding carboxylic acids is 1. The molecule has 0 atom stereocenters. The third-order valence-corrected chi connectivity index (χ3v) is 6.36. The Morgan fingerprint density at radius 3 is 2.66 bits per heavy atom. The van der Waals surface area contributed by atoms with Crippen LogP contribution in [0, 0.1) is 12.7 Å². The number of hydrogen-bond donors (Lipinski definition) is 2. The van der Waals surface area contributed by atoms with Crippen molar-refractivity contribution in [1.82, 2.24) is 5.32 Å². The van der Waals surface area contributed by atoms with Crippen LogP contribution < -0.4 is 10.0 Å². The SMILES string of the molecule is Cc1ccc(S(=O)(=O)Nc2ccccc2F)cc1C(=O)NCCC1=CCCCC1. The van der Waals surface area contributed by atoms with Crippen molar-refractivity contribution in [1.29, 1.82) is 0 Å². The molecule has 0 unspecified atom stereocenters. The van der Waals surface area contributed by atoms with Gasteiger partial charge in [-0.2, -0.15) is 0 Å². The molecule has 0 radical (unpaired) electrons. The van der Waals surface area contributed by atoms with Crippen molar-refractivity contribution < 1.29 is 17.6 Å². The maximum Gasteiger partial charge on any atom is 0.262 e. The quantitative estimate of drug-likeness (QED) is 0.650. The molecule has 29 heavy (non-hydrogen) atoms. The molecule has 0 saturated carbocycles. The van der Waals surface area contributed by atoms with Gasteiger partial charge in [-0.15, -0.1) is 0 Å². The van der Waals surface area contributed by atoms with Crippen molar-refractivity contribution in [3.8, 4) is 0 Å². The predicted molar refractivity (Wildman–Crippen MR) is 112 cm³/mol. The van der Waals surface area contributed by atoms with Crippen molar-refractivity contribution in [3.63, 3.8) is 0 Å². The molecular weight excluding hydrogens is 391 g/mol. The van der Waals surface area contributed by atoms with E-state index in [1.165, 1.54) is 54.8 Å². The number of rotatable bonds is 7. The van der Waals surface area contributed by atoms with Crippen LogP contribution in [-0.4, -0.2) is 20.9 Å². The summed E-state index contributed by atoms with van der Waals surface area (Å²) in [6.45, 7) is 2.26. The molecule has 2 aromatic carbocycles. The molecule has 1 aliphatic carbocycles. The van der Waals surface area contributed by atoms with Gasteiger partial charge in [0.05, 0.1) is 10.6 Å². The number of aryl methyl sites for hydroxylation is 1. The van der Waals surface area contributed by atoms with Gasteiger partial charge in [0.1, 0.15) is 5.82 Å². The first-order valence-corrected chi connectivity index (χ1v) is 11.2. The van der Waals surface area contributed by atoms with Crippen molar-refractivity contribution in [2.45, 2.75) is 43.9 Å². The second-order valence-electron chi connectivity index (χ2n) is 7.18. The molecule has 1 amide bonds. The Morgan fingerprint density at radius 1 is 1.14 bits per heavy atom. The van der Waals surface area contributed by atoms with E-state index in [4.69, 9.17) is 0 Å². The zero-order chi connectivity index (χ0) is 20.9. The average molecular weight is 417 g/mol. The van der Waals surface area contributed by atoms with Gasteiger partial charge >= 0.3 is 0 Å². The van der Waals surface area contributed by atoms with Crippen LogP contribution in [0.4, 0.5) is 10.1 Å². The first kappa shape index (κ1) is 21.0. The number of allylic oxidation sites excluding steroid dienone is 1. The molecular formula is C22H25FN2O3S. The van der Waals surface area contributed by atoms with Gasteiger partial charge < -0.3 is 5.32 Å². The van der Waals surface area contributed by atoms with Crippen LogP contribution in [0.15, 0.2) is 59.0 Å². The zero-order valence-corrected chi connectivity index (χ0v) is 17.2. The first-order valence-electron chi connectivity index (χ1n) is 9.71. The number of sulfonamides is 1. The maximum absolute atomic E-state index is 13.8. The van der Waals surface area contributed by atoms with E-state index in [-0.39, 0.29) is 16.5 Å². The summed E-state index contributed by atoms with van der Waals surface area (Å²) in [4.78, 5) is 12.5. The van der Waals surface area contributed by atoms with Crippen LogP contribution in [0.25, 0.3) is 0 Å². The highest BCUT2D eigenvalue weighted by atomic mass is 32.2. The Morgan fingerprint density at radius 2 is 1.93 bits per heavy atom. The summed E-state index contributed by atoms with van der Waals surface area (Å²) in [6, 6.07) is 9.84. The molecule has 0 spiro atoms. The highest BCUT2D eigenvalue weighted by molar-refractivity contribution is 7.92. The first-order chi connectivity index (χ1) is 13.9. The monoisotopic (exact) mass is 416 g/mol. The lowest BCUT2D eigenvalue weighted by Crippen LogP contribution is -2.26. The smallest absolute Gasteiger partial charge is 0.262 e. The van der Waals surface area contributed by atoms with E-state index in [1.54, 1.807) is 13.0 Å². The minimum absolute atomic E-state index is 0.0912. The van der Waals surface area contributed by atoms with Gasteiger partial charge in [-0.3, -0.25) is 9.52 Å². The van der Waals surface area contributed by atoms with Crippen LogP contribution in [0.3, 0.4) is 0 Å². The summed E-state index contributed by atoms with van der Waals surface area (Å²) in [5, 5.41) is 2.87. The third kappa shape index (κ3) is 5.44. The number of para-hydroxylation sites is 1. The molecule has 154 valence electrons. The van der Waals surface area contributed by atoms with E-state index < -0.39 is 15.8 Å². The van der Waals surface area contributed by atoms with Gasteiger partial charge in [-0.1, -0.05) is 29.8 Å². The number of benzene rings is 2. The zero-order valence-electron chi connectivity index (χ0n) is 16.4. The highest BCUT2D eigenvalue weighted by Crippen LogP contribution is 2.22. The van der Waals surface area contributed by atoms with Gasteiger partial charge in [-0.05, 0) is 68.9 Å². The van der Waals surface area contributed by atoms with E-state index in [9.17, 15) is 17.6 Å².